The molecular weight excluding hydrogens is 358 g/mol. The lowest BCUT2D eigenvalue weighted by Gasteiger charge is -2.31. The predicted molar refractivity (Wildman–Crippen MR) is 107 cm³/mol. The molecule has 0 aliphatic carbocycles. The van der Waals surface area contributed by atoms with Gasteiger partial charge < -0.3 is 4.90 Å². The third-order valence-electron chi connectivity index (χ3n) is 5.42. The summed E-state index contributed by atoms with van der Waals surface area (Å²) in [7, 11) is 0. The Morgan fingerprint density at radius 3 is 2.38 bits per heavy atom. The van der Waals surface area contributed by atoms with Crippen LogP contribution in [0.25, 0.3) is 11.1 Å². The zero-order chi connectivity index (χ0) is 16.9. The van der Waals surface area contributed by atoms with Crippen LogP contribution in [-0.2, 0) is 0 Å². The van der Waals surface area contributed by atoms with Gasteiger partial charge in [0.15, 0.2) is 0 Å². The van der Waals surface area contributed by atoms with Gasteiger partial charge >= 0.3 is 0 Å². The molecule has 0 bridgehead atoms. The summed E-state index contributed by atoms with van der Waals surface area (Å²) >= 11 is 3.65. The maximum atomic E-state index is 3.65. The zero-order valence-electron chi connectivity index (χ0n) is 14.8. The number of hydrogen-bond acceptors (Lipinski definition) is 1. The second-order valence-electron chi connectivity index (χ2n) is 7.32. The van der Waals surface area contributed by atoms with Crippen molar-refractivity contribution in [1.29, 1.82) is 0 Å². The molecule has 1 aliphatic heterocycles. The smallest absolute Gasteiger partial charge is 0.0253 e. The van der Waals surface area contributed by atoms with Gasteiger partial charge in [0.2, 0.25) is 0 Å². The molecule has 0 radical (unpaired) electrons. The molecule has 24 heavy (non-hydrogen) atoms. The van der Waals surface area contributed by atoms with Gasteiger partial charge in [-0.25, -0.2) is 0 Å². The molecule has 1 aliphatic rings. The molecule has 1 fully saturated rings. The average Bonchev–Trinajstić information content (AvgIpc) is 2.61. The van der Waals surface area contributed by atoms with Gasteiger partial charge in [-0.3, -0.25) is 0 Å². The molecule has 0 N–H and O–H groups in total. The minimum atomic E-state index is 0.623. The average molecular weight is 386 g/mol. The Morgan fingerprint density at radius 2 is 1.71 bits per heavy atom. The van der Waals surface area contributed by atoms with Gasteiger partial charge in [-0.2, -0.15) is 0 Å². The molecule has 3 rings (SSSR count). The van der Waals surface area contributed by atoms with Crippen molar-refractivity contribution in [2.75, 3.05) is 19.6 Å². The van der Waals surface area contributed by atoms with E-state index in [1.165, 1.54) is 55.6 Å². The van der Waals surface area contributed by atoms with E-state index in [4.69, 9.17) is 0 Å². The minimum absolute atomic E-state index is 0.623. The molecular formula is C22H28BrN. The van der Waals surface area contributed by atoms with Gasteiger partial charge in [-0.05, 0) is 73.5 Å². The van der Waals surface area contributed by atoms with Crippen LogP contribution in [0.5, 0.6) is 0 Å². The van der Waals surface area contributed by atoms with E-state index in [2.05, 4.69) is 83.2 Å². The van der Waals surface area contributed by atoms with E-state index >= 15 is 0 Å². The van der Waals surface area contributed by atoms with Gasteiger partial charge in [-0.1, -0.05) is 72.2 Å². The lowest BCUT2D eigenvalue weighted by molar-refractivity contribution is 0.187. The fraction of sp³-hybridized carbons (Fsp3) is 0.455. The fourth-order valence-electron chi connectivity index (χ4n) is 3.52. The summed E-state index contributed by atoms with van der Waals surface area (Å²) in [5.41, 5.74) is 4.00. The Hall–Kier alpha value is -1.12. The van der Waals surface area contributed by atoms with E-state index in [0.29, 0.717) is 5.92 Å². The van der Waals surface area contributed by atoms with Gasteiger partial charge in [0.1, 0.15) is 0 Å². The first-order chi connectivity index (χ1) is 11.6. The summed E-state index contributed by atoms with van der Waals surface area (Å²) < 4.78 is 1.16. The minimum Gasteiger partial charge on any atom is -0.303 e. The van der Waals surface area contributed by atoms with Crippen LogP contribution >= 0.6 is 15.9 Å². The van der Waals surface area contributed by atoms with E-state index < -0.39 is 0 Å². The predicted octanol–water partition coefficient (Wildman–Crippen LogP) is 6.34. The van der Waals surface area contributed by atoms with Crippen LogP contribution in [0.3, 0.4) is 0 Å². The standard InChI is InChI=1S/C22H28BrN/c1-17-11-14-24(15-12-17)16-13-18(2)19-7-9-20(10-8-19)21-5-3-4-6-22(21)23/h3-10,17-18H,11-16H2,1-2H3. The van der Waals surface area contributed by atoms with Crippen molar-refractivity contribution in [3.63, 3.8) is 0 Å². The maximum absolute atomic E-state index is 3.65. The molecule has 0 saturated carbocycles. The highest BCUT2D eigenvalue weighted by Gasteiger charge is 2.16. The number of hydrogen-bond donors (Lipinski definition) is 0. The van der Waals surface area contributed by atoms with Crippen LogP contribution in [0, 0.1) is 5.92 Å². The highest BCUT2D eigenvalue weighted by molar-refractivity contribution is 9.10. The maximum Gasteiger partial charge on any atom is 0.0253 e. The second kappa shape index (κ2) is 8.31. The molecule has 0 spiro atoms. The van der Waals surface area contributed by atoms with Crippen molar-refractivity contribution < 1.29 is 0 Å². The van der Waals surface area contributed by atoms with E-state index in [0.717, 1.165) is 10.4 Å². The van der Waals surface area contributed by atoms with E-state index in [-0.39, 0.29) is 0 Å². The summed E-state index contributed by atoms with van der Waals surface area (Å²) in [5, 5.41) is 0. The Balaban J connectivity index is 1.58. The molecule has 1 nitrogen and oxygen atoms in total. The molecule has 2 aromatic carbocycles. The van der Waals surface area contributed by atoms with Crippen molar-refractivity contribution in [3.8, 4) is 11.1 Å². The van der Waals surface area contributed by atoms with Gasteiger partial charge in [-0.15, -0.1) is 0 Å². The first kappa shape index (κ1) is 17.7. The molecule has 2 aromatic rings. The largest absolute Gasteiger partial charge is 0.303 e. The van der Waals surface area contributed by atoms with Crippen molar-refractivity contribution in [3.05, 3.63) is 58.6 Å². The normalized spacial score (nSPS) is 17.8. The summed E-state index contributed by atoms with van der Waals surface area (Å²) in [6, 6.07) is 17.5. The number of benzene rings is 2. The van der Waals surface area contributed by atoms with Gasteiger partial charge in [0.25, 0.3) is 0 Å². The van der Waals surface area contributed by atoms with Crippen molar-refractivity contribution in [2.45, 2.75) is 39.0 Å². The quantitative estimate of drug-likeness (QED) is 0.579. The summed E-state index contributed by atoms with van der Waals surface area (Å²) in [6.07, 6.45) is 3.99. The third-order valence-corrected chi connectivity index (χ3v) is 6.11. The van der Waals surface area contributed by atoms with Crippen LogP contribution in [0.4, 0.5) is 0 Å². The van der Waals surface area contributed by atoms with E-state index in [1.54, 1.807) is 0 Å². The molecule has 128 valence electrons. The number of nitrogens with zero attached hydrogens (tertiary/aromatic N) is 1. The van der Waals surface area contributed by atoms with Gasteiger partial charge in [0.05, 0.1) is 0 Å². The van der Waals surface area contributed by atoms with Crippen LogP contribution < -0.4 is 0 Å². The topological polar surface area (TPSA) is 3.24 Å². The molecule has 0 aromatic heterocycles. The summed E-state index contributed by atoms with van der Waals surface area (Å²) in [4.78, 5) is 2.64. The highest BCUT2D eigenvalue weighted by atomic mass is 79.9. The van der Waals surface area contributed by atoms with Crippen LogP contribution in [-0.4, -0.2) is 24.5 Å². The Labute approximate surface area is 155 Å². The van der Waals surface area contributed by atoms with Crippen LogP contribution in [0.1, 0.15) is 44.6 Å². The number of halogens is 1. The van der Waals surface area contributed by atoms with Crippen molar-refractivity contribution >= 4 is 15.9 Å². The van der Waals surface area contributed by atoms with E-state index in [1.807, 2.05) is 0 Å². The van der Waals surface area contributed by atoms with Crippen LogP contribution in [0.2, 0.25) is 0 Å². The van der Waals surface area contributed by atoms with Crippen molar-refractivity contribution in [2.24, 2.45) is 5.92 Å². The number of piperidine rings is 1. The van der Waals surface area contributed by atoms with Crippen LogP contribution in [0.15, 0.2) is 53.0 Å². The molecule has 1 saturated heterocycles. The number of likely N-dealkylation sites (tertiary alicyclic amines) is 1. The Bertz CT molecular complexity index is 641. The number of rotatable bonds is 5. The first-order valence-corrected chi connectivity index (χ1v) is 10.00. The monoisotopic (exact) mass is 385 g/mol. The molecule has 1 unspecified atom stereocenters. The van der Waals surface area contributed by atoms with E-state index in [9.17, 15) is 0 Å². The lowest BCUT2D eigenvalue weighted by Crippen LogP contribution is -2.34. The second-order valence-corrected chi connectivity index (χ2v) is 8.17. The molecule has 0 amide bonds. The fourth-order valence-corrected chi connectivity index (χ4v) is 4.03. The SMILES string of the molecule is CC1CCN(CCC(C)c2ccc(-c3ccccc3Br)cc2)CC1. The summed E-state index contributed by atoms with van der Waals surface area (Å²) in [6.45, 7) is 8.55. The Kier molecular flexibility index (Phi) is 6.13. The zero-order valence-corrected chi connectivity index (χ0v) is 16.4. The van der Waals surface area contributed by atoms with Gasteiger partial charge in [0, 0.05) is 4.47 Å². The third kappa shape index (κ3) is 4.49. The first-order valence-electron chi connectivity index (χ1n) is 9.20. The lowest BCUT2D eigenvalue weighted by atomic mass is 9.94. The van der Waals surface area contributed by atoms with Crippen molar-refractivity contribution in [1.82, 2.24) is 4.90 Å². The molecule has 2 heteroatoms. The highest BCUT2D eigenvalue weighted by Crippen LogP contribution is 2.30. The molecule has 1 atom stereocenters. The molecule has 1 heterocycles. The summed E-state index contributed by atoms with van der Waals surface area (Å²) in [5.74, 6) is 1.54. The Morgan fingerprint density at radius 1 is 1.04 bits per heavy atom.